The zero-order valence-electron chi connectivity index (χ0n) is 16.0. The van der Waals surface area contributed by atoms with Crippen molar-refractivity contribution < 1.29 is 4.39 Å². The number of nitrogens with zero attached hydrogens (tertiary/aromatic N) is 6. The van der Waals surface area contributed by atoms with Gasteiger partial charge in [0.1, 0.15) is 5.82 Å². The maximum Gasteiger partial charge on any atom is 0.175 e. The van der Waals surface area contributed by atoms with Crippen LogP contribution >= 0.6 is 22.6 Å². The number of benzene rings is 1. The Labute approximate surface area is 182 Å². The van der Waals surface area contributed by atoms with E-state index in [1.165, 1.54) is 11.1 Å². The van der Waals surface area contributed by atoms with Gasteiger partial charge in [0.15, 0.2) is 11.6 Å². The van der Waals surface area contributed by atoms with Crippen LogP contribution in [0.4, 0.5) is 15.9 Å². The Kier molecular flexibility index (Phi) is 5.11. The summed E-state index contributed by atoms with van der Waals surface area (Å²) < 4.78 is 16.4. The number of alkyl halides is 1. The van der Waals surface area contributed by atoms with E-state index in [0.29, 0.717) is 6.04 Å². The second-order valence-corrected chi connectivity index (χ2v) is 8.37. The van der Waals surface area contributed by atoms with E-state index in [9.17, 15) is 4.39 Å². The van der Waals surface area contributed by atoms with Gasteiger partial charge in [-0.2, -0.15) is 5.10 Å². The molecule has 0 unspecified atom stereocenters. The number of rotatable bonds is 4. The number of aromatic nitrogens is 4. The lowest BCUT2D eigenvalue weighted by Gasteiger charge is -2.38. The van der Waals surface area contributed by atoms with Gasteiger partial charge in [0.2, 0.25) is 0 Å². The van der Waals surface area contributed by atoms with Gasteiger partial charge in [-0.25, -0.2) is 9.07 Å². The topological polar surface area (TPSA) is 50.1 Å². The van der Waals surface area contributed by atoms with Crippen molar-refractivity contribution in [2.45, 2.75) is 29.7 Å². The van der Waals surface area contributed by atoms with Crippen molar-refractivity contribution in [1.82, 2.24) is 20.0 Å². The largest absolute Gasteiger partial charge is 0.368 e. The first-order valence-corrected chi connectivity index (χ1v) is 11.5. The second-order valence-electron chi connectivity index (χ2n) is 7.61. The predicted molar refractivity (Wildman–Crippen MR) is 120 cm³/mol. The highest BCUT2D eigenvalue weighted by Gasteiger charge is 2.30. The molecule has 0 spiro atoms. The van der Waals surface area contributed by atoms with Crippen LogP contribution in [0.15, 0.2) is 42.7 Å². The van der Waals surface area contributed by atoms with Gasteiger partial charge >= 0.3 is 0 Å². The Bertz CT molecular complexity index is 997. The van der Waals surface area contributed by atoms with Crippen molar-refractivity contribution in [2.24, 2.45) is 0 Å². The highest BCUT2D eigenvalue weighted by molar-refractivity contribution is 14.1. The lowest BCUT2D eigenvalue weighted by molar-refractivity contribution is 0.469. The van der Waals surface area contributed by atoms with Gasteiger partial charge in [-0.05, 0) is 49.1 Å². The van der Waals surface area contributed by atoms with Crippen molar-refractivity contribution in [3.05, 3.63) is 59.7 Å². The van der Waals surface area contributed by atoms with Crippen LogP contribution in [0.3, 0.4) is 0 Å². The van der Waals surface area contributed by atoms with E-state index in [4.69, 9.17) is 0 Å². The molecule has 150 valence electrons. The summed E-state index contributed by atoms with van der Waals surface area (Å²) in [7, 11) is 0. The number of piperidine rings is 1. The molecule has 1 saturated heterocycles. The van der Waals surface area contributed by atoms with E-state index in [0.717, 1.165) is 60.6 Å². The molecule has 29 heavy (non-hydrogen) atoms. The van der Waals surface area contributed by atoms with Crippen LogP contribution in [-0.2, 0) is 10.8 Å². The molecule has 1 aromatic carbocycles. The number of hydrogen-bond acceptors (Lipinski definition) is 5. The molecule has 0 bridgehead atoms. The number of halogens is 2. The summed E-state index contributed by atoms with van der Waals surface area (Å²) in [6, 6.07) is 9.64. The van der Waals surface area contributed by atoms with Crippen LogP contribution in [0.5, 0.6) is 0 Å². The molecule has 2 aromatic heterocycles. The normalized spacial score (nSPS) is 17.0. The molecule has 2 aliphatic rings. The molecule has 0 radical (unpaired) electrons. The average molecular weight is 504 g/mol. The van der Waals surface area contributed by atoms with Gasteiger partial charge in [-0.15, -0.1) is 10.2 Å². The molecule has 4 heterocycles. The summed E-state index contributed by atoms with van der Waals surface area (Å²) in [6.45, 7) is 2.85. The Balaban J connectivity index is 1.24. The fourth-order valence-electron chi connectivity index (χ4n) is 4.33. The average Bonchev–Trinajstić information content (AvgIpc) is 3.41. The van der Waals surface area contributed by atoms with E-state index in [-0.39, 0.29) is 5.82 Å². The summed E-state index contributed by atoms with van der Waals surface area (Å²) in [6.07, 6.45) is 6.93. The molecule has 6 nitrogen and oxygen atoms in total. The maximum absolute atomic E-state index is 13.7. The Hall–Kier alpha value is -2.23. The zero-order valence-corrected chi connectivity index (χ0v) is 18.2. The fraction of sp³-hybridized carbons (Fsp3) is 0.381. The Morgan fingerprint density at radius 3 is 2.55 bits per heavy atom. The minimum Gasteiger partial charge on any atom is -0.368 e. The summed E-state index contributed by atoms with van der Waals surface area (Å²) in [5, 5.41) is 13.1. The van der Waals surface area contributed by atoms with E-state index >= 15 is 0 Å². The molecule has 2 aliphatic heterocycles. The predicted octanol–water partition coefficient (Wildman–Crippen LogP) is 3.77. The van der Waals surface area contributed by atoms with Gasteiger partial charge in [0.25, 0.3) is 0 Å². The molecule has 0 saturated carbocycles. The van der Waals surface area contributed by atoms with Crippen molar-refractivity contribution in [3.8, 4) is 5.82 Å². The Morgan fingerprint density at radius 2 is 1.83 bits per heavy atom. The van der Waals surface area contributed by atoms with Crippen LogP contribution in [0.25, 0.3) is 5.82 Å². The highest BCUT2D eigenvalue weighted by Crippen LogP contribution is 2.33. The first-order valence-electron chi connectivity index (χ1n) is 9.95. The molecule has 5 rings (SSSR count). The minimum atomic E-state index is -0.147. The van der Waals surface area contributed by atoms with Crippen LogP contribution in [0, 0.1) is 5.82 Å². The van der Waals surface area contributed by atoms with Gasteiger partial charge in [0, 0.05) is 47.6 Å². The van der Waals surface area contributed by atoms with Crippen LogP contribution < -0.4 is 9.80 Å². The summed E-state index contributed by atoms with van der Waals surface area (Å²) in [4.78, 5) is 4.68. The third-order valence-electron chi connectivity index (χ3n) is 5.87. The molecule has 0 N–H and O–H groups in total. The first kappa shape index (κ1) is 18.8. The molecule has 8 heteroatoms. The SMILES string of the molecule is Fc1ccc2c(c1)N(C1CCN(c3ccc(-n4cc(CI)cn4)nn3)CC1)CC2. The summed E-state index contributed by atoms with van der Waals surface area (Å²) in [5.74, 6) is 1.49. The van der Waals surface area contributed by atoms with Crippen molar-refractivity contribution in [2.75, 3.05) is 29.4 Å². The highest BCUT2D eigenvalue weighted by atomic mass is 127. The quantitative estimate of drug-likeness (QED) is 0.400. The Morgan fingerprint density at radius 1 is 1.03 bits per heavy atom. The third kappa shape index (κ3) is 3.70. The molecule has 0 aliphatic carbocycles. The van der Waals surface area contributed by atoms with Gasteiger partial charge in [-0.3, -0.25) is 0 Å². The summed E-state index contributed by atoms with van der Waals surface area (Å²) in [5.41, 5.74) is 3.51. The lowest BCUT2D eigenvalue weighted by Crippen LogP contribution is -2.44. The maximum atomic E-state index is 13.7. The van der Waals surface area contributed by atoms with E-state index in [1.807, 2.05) is 30.6 Å². The smallest absolute Gasteiger partial charge is 0.175 e. The summed E-state index contributed by atoms with van der Waals surface area (Å²) >= 11 is 2.32. The molecule has 1 fully saturated rings. The van der Waals surface area contributed by atoms with Crippen LogP contribution in [0.2, 0.25) is 0 Å². The molecule has 0 atom stereocenters. The molecule has 3 aromatic rings. The molecular formula is C21H22FIN6. The number of hydrogen-bond donors (Lipinski definition) is 0. The number of fused-ring (bicyclic) bond motifs is 1. The lowest BCUT2D eigenvalue weighted by atomic mass is 10.0. The van der Waals surface area contributed by atoms with Gasteiger partial charge in [-0.1, -0.05) is 28.7 Å². The minimum absolute atomic E-state index is 0.147. The standard InChI is InChI=1S/C21H22FIN6/c22-17-2-1-16-5-10-28(19(16)11-17)18-6-8-27(9-7-18)20-3-4-21(26-25-20)29-14-15(12-23)13-24-29/h1-4,11,13-14,18H,5-10,12H2. The third-order valence-corrected chi connectivity index (χ3v) is 6.75. The van der Waals surface area contributed by atoms with E-state index in [1.54, 1.807) is 16.8 Å². The van der Waals surface area contributed by atoms with Crippen LogP contribution in [-0.4, -0.2) is 45.7 Å². The van der Waals surface area contributed by atoms with Crippen molar-refractivity contribution in [3.63, 3.8) is 0 Å². The van der Waals surface area contributed by atoms with Gasteiger partial charge in [0.05, 0.1) is 6.20 Å². The molecular weight excluding hydrogens is 482 g/mol. The fourth-order valence-corrected chi connectivity index (χ4v) is 4.72. The van der Waals surface area contributed by atoms with Crippen LogP contribution in [0.1, 0.15) is 24.0 Å². The van der Waals surface area contributed by atoms with Crippen molar-refractivity contribution in [1.29, 1.82) is 0 Å². The second kappa shape index (κ2) is 7.89. The van der Waals surface area contributed by atoms with E-state index < -0.39 is 0 Å². The van der Waals surface area contributed by atoms with Crippen molar-refractivity contribution >= 4 is 34.1 Å². The number of anilines is 2. The first-order chi connectivity index (χ1) is 14.2. The zero-order chi connectivity index (χ0) is 19.8. The monoisotopic (exact) mass is 504 g/mol. The van der Waals surface area contributed by atoms with E-state index in [2.05, 4.69) is 47.7 Å². The van der Waals surface area contributed by atoms with Gasteiger partial charge < -0.3 is 9.80 Å². The molecule has 0 amide bonds.